The molecule has 1 heterocycles. The summed E-state index contributed by atoms with van der Waals surface area (Å²) in [7, 11) is 1.68. The average Bonchev–Trinajstić information content (AvgIpc) is 2.65. The van der Waals surface area contributed by atoms with E-state index in [9.17, 15) is 0 Å². The van der Waals surface area contributed by atoms with Crippen LogP contribution >= 0.6 is 23.7 Å². The lowest BCUT2D eigenvalue weighted by atomic mass is 10.1. The minimum atomic E-state index is 0.889. The zero-order valence-corrected chi connectivity index (χ0v) is 9.61. The van der Waals surface area contributed by atoms with Crippen molar-refractivity contribution < 1.29 is 4.42 Å². The van der Waals surface area contributed by atoms with Gasteiger partial charge in [0, 0.05) is 24.1 Å². The summed E-state index contributed by atoms with van der Waals surface area (Å²) in [5.74, 6) is 0.889. The van der Waals surface area contributed by atoms with Crippen molar-refractivity contribution >= 4 is 34.5 Å². The van der Waals surface area contributed by atoms with Gasteiger partial charge in [-0.25, -0.2) is 4.40 Å². The smallest absolute Gasteiger partial charge is 0.258 e. The highest BCUT2D eigenvalue weighted by atomic mass is 32.2. The van der Waals surface area contributed by atoms with E-state index in [0.717, 1.165) is 10.8 Å². The molecule has 1 aliphatic heterocycles. The van der Waals surface area contributed by atoms with Gasteiger partial charge in [-0.2, -0.15) is 0 Å². The molecule has 2 nitrogen and oxygen atoms in total. The second kappa shape index (κ2) is 4.19. The molecule has 0 saturated heterocycles. The van der Waals surface area contributed by atoms with Crippen LogP contribution in [0.25, 0.3) is 0 Å². The fraction of sp³-hybridized carbons (Fsp3) is 0.200. The molecule has 0 atom stereocenters. The van der Waals surface area contributed by atoms with Crippen molar-refractivity contribution in [3.05, 3.63) is 34.1 Å². The van der Waals surface area contributed by atoms with Gasteiger partial charge in [0.2, 0.25) is 0 Å². The van der Waals surface area contributed by atoms with Crippen LogP contribution in [-0.4, -0.2) is 17.9 Å². The molecule has 0 fully saturated rings. The van der Waals surface area contributed by atoms with Crippen LogP contribution in [0.2, 0.25) is 0 Å². The molecular weight excluding hydrogens is 214 g/mol. The summed E-state index contributed by atoms with van der Waals surface area (Å²) >= 11 is 3.26. The summed E-state index contributed by atoms with van der Waals surface area (Å²) in [6.07, 6.45) is 8.05. The molecule has 0 aromatic carbocycles. The quantitative estimate of drug-likeness (QED) is 0.466. The molecule has 2 rings (SSSR count). The van der Waals surface area contributed by atoms with Crippen LogP contribution in [0.5, 0.6) is 0 Å². The number of carbonyl (C=O) groups excluding carboxylic acids is 1. The fourth-order valence-corrected chi connectivity index (χ4v) is 2.97. The van der Waals surface area contributed by atoms with Crippen LogP contribution in [0.3, 0.4) is 0 Å². The summed E-state index contributed by atoms with van der Waals surface area (Å²) < 4.78 is 10.6. The first-order chi connectivity index (χ1) is 6.79. The van der Waals surface area contributed by atoms with E-state index in [1.54, 1.807) is 30.8 Å². The number of hydrogen-bond acceptors (Lipinski definition) is 3. The van der Waals surface area contributed by atoms with E-state index in [4.69, 9.17) is 4.42 Å². The molecule has 14 heavy (non-hydrogen) atoms. The highest BCUT2D eigenvalue weighted by molar-refractivity contribution is 8.32. The lowest BCUT2D eigenvalue weighted by Gasteiger charge is -2.00. The van der Waals surface area contributed by atoms with E-state index in [1.807, 2.05) is 19.1 Å². The highest BCUT2D eigenvalue weighted by Crippen LogP contribution is 2.41. The van der Waals surface area contributed by atoms with Gasteiger partial charge in [0.25, 0.3) is 7.11 Å². The van der Waals surface area contributed by atoms with Crippen molar-refractivity contribution in [2.45, 2.75) is 6.92 Å². The Hall–Kier alpha value is -0.740. The lowest BCUT2D eigenvalue weighted by Crippen LogP contribution is -1.96. The van der Waals surface area contributed by atoms with E-state index in [2.05, 4.69) is 16.5 Å². The van der Waals surface area contributed by atoms with Crippen LogP contribution in [0.4, 0.5) is 0 Å². The van der Waals surface area contributed by atoms with Crippen LogP contribution in [0.1, 0.15) is 6.92 Å². The van der Waals surface area contributed by atoms with Crippen molar-refractivity contribution in [1.82, 2.24) is 0 Å². The van der Waals surface area contributed by atoms with Crippen molar-refractivity contribution in [2.75, 3.05) is 7.11 Å². The number of ketones is 1. The van der Waals surface area contributed by atoms with E-state index < -0.39 is 0 Å². The van der Waals surface area contributed by atoms with Gasteiger partial charge in [0.15, 0.2) is 0 Å². The topological polar surface area (TPSA) is 23.7 Å². The van der Waals surface area contributed by atoms with Gasteiger partial charge in [-0.15, -0.1) is 0 Å². The normalized spacial score (nSPS) is 20.4. The third-order valence-corrected chi connectivity index (χ3v) is 3.99. The van der Waals surface area contributed by atoms with E-state index in [0.29, 0.717) is 0 Å². The summed E-state index contributed by atoms with van der Waals surface area (Å²) in [5, 5.41) is 1.11. The van der Waals surface area contributed by atoms with Gasteiger partial charge in [0.05, 0.1) is 9.28 Å². The summed E-state index contributed by atoms with van der Waals surface area (Å²) in [6, 6.07) is 0. The lowest BCUT2D eigenvalue weighted by molar-refractivity contribution is -0.417. The van der Waals surface area contributed by atoms with Gasteiger partial charge in [-0.1, -0.05) is 11.8 Å². The van der Waals surface area contributed by atoms with Crippen molar-refractivity contribution in [3.8, 4) is 0 Å². The van der Waals surface area contributed by atoms with Gasteiger partial charge < -0.3 is 0 Å². The third kappa shape index (κ3) is 2.01. The Labute approximate surface area is 91.7 Å². The molecule has 1 aliphatic carbocycles. The van der Waals surface area contributed by atoms with Crippen LogP contribution in [0.15, 0.2) is 38.5 Å². The molecule has 0 bridgehead atoms. The second-order valence-electron chi connectivity index (χ2n) is 2.82. The standard InChI is InChI=1S/C10H10NOS2/c1-7-11-14-10(13-7)8-3-5-9(12-2)6-4-8/h3-6H,1-2H3/q+1. The minimum Gasteiger partial charge on any atom is -0.258 e. The first-order valence-electron chi connectivity index (χ1n) is 4.20. The van der Waals surface area contributed by atoms with E-state index in [1.165, 1.54) is 9.81 Å². The zero-order chi connectivity index (χ0) is 9.97. The Kier molecular flexibility index (Phi) is 2.93. The predicted octanol–water partition coefficient (Wildman–Crippen LogP) is 2.87. The maximum atomic E-state index is 5.10. The van der Waals surface area contributed by atoms with Crippen molar-refractivity contribution in [2.24, 2.45) is 4.40 Å². The van der Waals surface area contributed by atoms with Gasteiger partial charge in [-0.3, -0.25) is 4.42 Å². The van der Waals surface area contributed by atoms with E-state index in [-0.39, 0.29) is 0 Å². The SMILES string of the molecule is C[O+]=C1C=CC(=C2SN=C(C)S2)C=C1. The molecule has 0 spiro atoms. The number of thioether (sulfide) groups is 1. The first kappa shape index (κ1) is 9.80. The molecule has 4 heteroatoms. The third-order valence-electron chi connectivity index (χ3n) is 1.82. The molecular formula is C10H10NOS2+. The first-order valence-corrected chi connectivity index (χ1v) is 5.79. The number of allylic oxidation sites excluding steroid dienone is 5. The summed E-state index contributed by atoms with van der Waals surface area (Å²) in [5.41, 5.74) is 1.21. The van der Waals surface area contributed by atoms with Gasteiger partial charge in [0.1, 0.15) is 0 Å². The van der Waals surface area contributed by atoms with Crippen LogP contribution in [0, 0.1) is 0 Å². The Bertz CT molecular complexity index is 384. The monoisotopic (exact) mass is 224 g/mol. The largest absolute Gasteiger partial charge is 0.343 e. The summed E-state index contributed by atoms with van der Waals surface area (Å²) in [6.45, 7) is 2.02. The molecule has 0 radical (unpaired) electrons. The fourth-order valence-electron chi connectivity index (χ4n) is 1.12. The number of rotatable bonds is 0. The minimum absolute atomic E-state index is 0.889. The highest BCUT2D eigenvalue weighted by Gasteiger charge is 2.15. The Balaban J connectivity index is 2.20. The Morgan fingerprint density at radius 2 is 1.93 bits per heavy atom. The predicted molar refractivity (Wildman–Crippen MR) is 64.5 cm³/mol. The van der Waals surface area contributed by atoms with Crippen molar-refractivity contribution in [1.29, 1.82) is 0 Å². The van der Waals surface area contributed by atoms with E-state index >= 15 is 0 Å². The maximum absolute atomic E-state index is 5.10. The Morgan fingerprint density at radius 1 is 1.21 bits per heavy atom. The van der Waals surface area contributed by atoms with Gasteiger partial charge >= 0.3 is 5.78 Å². The molecule has 0 aromatic heterocycles. The van der Waals surface area contributed by atoms with Crippen molar-refractivity contribution in [3.63, 3.8) is 0 Å². The van der Waals surface area contributed by atoms with Crippen LogP contribution < -0.4 is 0 Å². The molecule has 0 unspecified atom stereocenters. The Morgan fingerprint density at radius 3 is 2.43 bits per heavy atom. The van der Waals surface area contributed by atoms with Gasteiger partial charge in [-0.05, 0) is 24.6 Å². The molecule has 0 saturated carbocycles. The average molecular weight is 224 g/mol. The molecule has 72 valence electrons. The number of hydrogen-bond donors (Lipinski definition) is 0. The molecule has 0 aromatic rings. The molecule has 2 aliphatic rings. The number of nitrogens with zero attached hydrogens (tertiary/aromatic N) is 1. The zero-order valence-electron chi connectivity index (χ0n) is 7.98. The molecule has 0 amide bonds. The second-order valence-corrected chi connectivity index (χ2v) is 5.05. The maximum Gasteiger partial charge on any atom is 0.343 e. The van der Waals surface area contributed by atoms with Crippen LogP contribution in [-0.2, 0) is 4.42 Å². The summed E-state index contributed by atoms with van der Waals surface area (Å²) in [4.78, 5) is 0. The molecule has 0 N–H and O–H groups in total.